The normalized spacial score (nSPS) is 17.9. The molecule has 0 saturated carbocycles. The Morgan fingerprint density at radius 2 is 1.68 bits per heavy atom. The minimum Gasteiger partial charge on any atom is -0.483 e. The summed E-state index contributed by atoms with van der Waals surface area (Å²) in [6.45, 7) is 5.07. The fraction of sp³-hybridized carbons (Fsp3) is 0.258. The van der Waals surface area contributed by atoms with E-state index in [9.17, 15) is 4.79 Å². The number of thiophene rings is 1. The highest BCUT2D eigenvalue weighted by Crippen LogP contribution is 2.44. The fourth-order valence-electron chi connectivity index (χ4n) is 4.54. The standard InChI is InChI=1S/C31H31NO4S/c1-31(2)29(35-30(33)27-14-9-19-37-27)28(34-18-17-22-10-5-3-6-11-22)25-20-24(15-16-26(25)36-31)32-21-23-12-7-4-8-13-23/h3-16,19-20,28-29,32H,17-18,21H2,1-2H3. The quantitative estimate of drug-likeness (QED) is 0.243. The van der Waals surface area contributed by atoms with Crippen molar-refractivity contribution in [1.82, 2.24) is 0 Å². The fourth-order valence-corrected chi connectivity index (χ4v) is 5.15. The van der Waals surface area contributed by atoms with E-state index < -0.39 is 17.8 Å². The lowest BCUT2D eigenvalue weighted by Crippen LogP contribution is -2.51. The third kappa shape index (κ3) is 6.04. The number of ether oxygens (including phenoxy) is 3. The van der Waals surface area contributed by atoms with Gasteiger partial charge in [-0.25, -0.2) is 4.79 Å². The van der Waals surface area contributed by atoms with Crippen LogP contribution in [0.25, 0.3) is 0 Å². The summed E-state index contributed by atoms with van der Waals surface area (Å²) in [4.78, 5) is 13.6. The molecule has 1 aromatic heterocycles. The maximum Gasteiger partial charge on any atom is 0.348 e. The number of nitrogens with one attached hydrogen (secondary N) is 1. The van der Waals surface area contributed by atoms with Crippen LogP contribution in [0.4, 0.5) is 5.69 Å². The first-order chi connectivity index (χ1) is 18.0. The summed E-state index contributed by atoms with van der Waals surface area (Å²) in [5, 5.41) is 5.36. The maximum absolute atomic E-state index is 13.0. The summed E-state index contributed by atoms with van der Waals surface area (Å²) < 4.78 is 19.0. The minimum absolute atomic E-state index is 0.366. The van der Waals surface area contributed by atoms with Gasteiger partial charge in [0.15, 0.2) is 6.10 Å². The number of carbonyl (C=O) groups excluding carboxylic acids is 1. The molecule has 1 aliphatic rings. The summed E-state index contributed by atoms with van der Waals surface area (Å²) in [6, 6.07) is 30.1. The molecule has 37 heavy (non-hydrogen) atoms. The molecule has 0 amide bonds. The van der Waals surface area contributed by atoms with Crippen LogP contribution in [0.5, 0.6) is 5.75 Å². The van der Waals surface area contributed by atoms with Crippen molar-refractivity contribution < 1.29 is 19.0 Å². The van der Waals surface area contributed by atoms with Crippen molar-refractivity contribution in [2.75, 3.05) is 11.9 Å². The number of hydrogen-bond donors (Lipinski definition) is 1. The van der Waals surface area contributed by atoms with Crippen molar-refractivity contribution in [3.8, 4) is 5.75 Å². The number of esters is 1. The van der Waals surface area contributed by atoms with Gasteiger partial charge in [-0.1, -0.05) is 66.7 Å². The highest BCUT2D eigenvalue weighted by atomic mass is 32.1. The molecule has 0 aliphatic carbocycles. The van der Waals surface area contributed by atoms with Gasteiger partial charge in [0.25, 0.3) is 0 Å². The van der Waals surface area contributed by atoms with E-state index in [1.165, 1.54) is 22.5 Å². The molecule has 5 nitrogen and oxygen atoms in total. The smallest absolute Gasteiger partial charge is 0.348 e. The van der Waals surface area contributed by atoms with Crippen molar-refractivity contribution in [3.63, 3.8) is 0 Å². The molecule has 2 heterocycles. The molecule has 5 rings (SSSR count). The third-order valence-corrected chi connectivity index (χ3v) is 7.33. The molecule has 6 heteroatoms. The van der Waals surface area contributed by atoms with Crippen LogP contribution in [0.1, 0.15) is 46.3 Å². The van der Waals surface area contributed by atoms with Gasteiger partial charge in [-0.2, -0.15) is 0 Å². The summed E-state index contributed by atoms with van der Waals surface area (Å²) in [7, 11) is 0. The number of fused-ring (bicyclic) bond motifs is 1. The van der Waals surface area contributed by atoms with Gasteiger partial charge in [0.1, 0.15) is 22.3 Å². The van der Waals surface area contributed by atoms with Gasteiger partial charge >= 0.3 is 5.97 Å². The molecule has 4 aromatic rings. The Morgan fingerprint density at radius 1 is 0.946 bits per heavy atom. The maximum atomic E-state index is 13.0. The number of benzene rings is 3. The lowest BCUT2D eigenvalue weighted by molar-refractivity contribution is -0.139. The number of anilines is 1. The number of hydrogen-bond acceptors (Lipinski definition) is 6. The molecule has 0 bridgehead atoms. The highest BCUT2D eigenvalue weighted by molar-refractivity contribution is 7.11. The second kappa shape index (κ2) is 11.2. The molecular weight excluding hydrogens is 482 g/mol. The molecule has 0 radical (unpaired) electrons. The monoisotopic (exact) mass is 513 g/mol. The summed E-state index contributed by atoms with van der Waals surface area (Å²) in [5.74, 6) is 0.374. The molecular formula is C31H31NO4S. The van der Waals surface area contributed by atoms with Crippen LogP contribution < -0.4 is 10.1 Å². The topological polar surface area (TPSA) is 56.8 Å². The van der Waals surface area contributed by atoms with E-state index in [1.54, 1.807) is 6.07 Å². The second-order valence-corrected chi connectivity index (χ2v) is 10.6. The van der Waals surface area contributed by atoms with Gasteiger partial charge in [0.2, 0.25) is 0 Å². The minimum atomic E-state index is -0.781. The van der Waals surface area contributed by atoms with Crippen molar-refractivity contribution in [1.29, 1.82) is 0 Å². The zero-order chi connectivity index (χ0) is 25.7. The zero-order valence-electron chi connectivity index (χ0n) is 21.1. The van der Waals surface area contributed by atoms with Gasteiger partial charge in [-0.05, 0) is 61.0 Å². The van der Waals surface area contributed by atoms with E-state index in [0.717, 1.165) is 23.4 Å². The number of rotatable bonds is 9. The van der Waals surface area contributed by atoms with Crippen LogP contribution in [0, 0.1) is 0 Å². The summed E-state index contributed by atoms with van der Waals surface area (Å²) in [5.41, 5.74) is 3.42. The molecule has 0 spiro atoms. The molecule has 0 fully saturated rings. The highest BCUT2D eigenvalue weighted by Gasteiger charge is 2.47. The average molecular weight is 514 g/mol. The summed E-state index contributed by atoms with van der Waals surface area (Å²) >= 11 is 1.36. The van der Waals surface area contributed by atoms with E-state index in [2.05, 4.69) is 29.6 Å². The first-order valence-corrected chi connectivity index (χ1v) is 13.4. The molecule has 2 atom stereocenters. The van der Waals surface area contributed by atoms with Crippen LogP contribution in [-0.4, -0.2) is 24.3 Å². The molecule has 1 aliphatic heterocycles. The SMILES string of the molecule is CC1(C)Oc2ccc(NCc3ccccc3)cc2C(OCCc2ccccc2)C1OC(=O)c1cccs1. The van der Waals surface area contributed by atoms with Crippen LogP contribution in [0.15, 0.2) is 96.4 Å². The molecule has 3 aromatic carbocycles. The van der Waals surface area contributed by atoms with Crippen molar-refractivity contribution in [2.24, 2.45) is 0 Å². The van der Waals surface area contributed by atoms with Gasteiger partial charge in [-0.15, -0.1) is 11.3 Å². The van der Waals surface area contributed by atoms with E-state index >= 15 is 0 Å². The Hall–Kier alpha value is -3.61. The molecule has 0 saturated heterocycles. The van der Waals surface area contributed by atoms with Gasteiger partial charge in [0.05, 0.1) is 6.61 Å². The third-order valence-electron chi connectivity index (χ3n) is 6.48. The van der Waals surface area contributed by atoms with Crippen LogP contribution in [0.2, 0.25) is 0 Å². The van der Waals surface area contributed by atoms with E-state index in [-0.39, 0.29) is 5.97 Å². The van der Waals surface area contributed by atoms with Crippen molar-refractivity contribution >= 4 is 23.0 Å². The number of carbonyl (C=O) groups is 1. The van der Waals surface area contributed by atoms with E-state index in [0.29, 0.717) is 18.0 Å². The zero-order valence-corrected chi connectivity index (χ0v) is 21.9. The first-order valence-electron chi connectivity index (χ1n) is 12.5. The molecule has 1 N–H and O–H groups in total. The Bertz CT molecular complexity index is 1310. The van der Waals surface area contributed by atoms with Crippen LogP contribution in [0.3, 0.4) is 0 Å². The average Bonchev–Trinajstić information content (AvgIpc) is 3.45. The van der Waals surface area contributed by atoms with Crippen molar-refractivity contribution in [3.05, 3.63) is 118 Å². The predicted octanol–water partition coefficient (Wildman–Crippen LogP) is 7.06. The van der Waals surface area contributed by atoms with E-state index in [1.807, 2.05) is 79.9 Å². The van der Waals surface area contributed by atoms with Crippen LogP contribution in [-0.2, 0) is 22.4 Å². The largest absolute Gasteiger partial charge is 0.483 e. The van der Waals surface area contributed by atoms with Crippen molar-refractivity contribution in [2.45, 2.75) is 44.6 Å². The van der Waals surface area contributed by atoms with E-state index in [4.69, 9.17) is 14.2 Å². The molecule has 190 valence electrons. The Labute approximate surface area is 222 Å². The lowest BCUT2D eigenvalue weighted by Gasteiger charge is -2.43. The Balaban J connectivity index is 1.41. The predicted molar refractivity (Wildman–Crippen MR) is 147 cm³/mol. The van der Waals surface area contributed by atoms with Gasteiger partial charge < -0.3 is 19.5 Å². The lowest BCUT2D eigenvalue weighted by atomic mass is 9.87. The Morgan fingerprint density at radius 3 is 2.38 bits per heavy atom. The van der Waals surface area contributed by atoms with Gasteiger partial charge in [-0.3, -0.25) is 0 Å². The second-order valence-electron chi connectivity index (χ2n) is 9.63. The molecule has 2 unspecified atom stereocenters. The van der Waals surface area contributed by atoms with Crippen LogP contribution >= 0.6 is 11.3 Å². The first kappa shape index (κ1) is 25.1. The van der Waals surface area contributed by atoms with Gasteiger partial charge in [0, 0.05) is 17.8 Å². The Kier molecular flexibility index (Phi) is 7.58. The summed E-state index contributed by atoms with van der Waals surface area (Å²) in [6.07, 6.45) is -0.356.